The van der Waals surface area contributed by atoms with Crippen LogP contribution in [0.3, 0.4) is 0 Å². The van der Waals surface area contributed by atoms with E-state index in [0.29, 0.717) is 23.4 Å². The van der Waals surface area contributed by atoms with E-state index in [-0.39, 0.29) is 11.7 Å². The van der Waals surface area contributed by atoms with Gasteiger partial charge >= 0.3 is 5.63 Å². The number of hydrogen-bond donors (Lipinski definition) is 0. The van der Waals surface area contributed by atoms with Gasteiger partial charge in [-0.2, -0.15) is 0 Å². The second-order valence-corrected chi connectivity index (χ2v) is 3.46. The van der Waals surface area contributed by atoms with Gasteiger partial charge in [0.15, 0.2) is 12.4 Å². The van der Waals surface area contributed by atoms with Crippen LogP contribution in [0, 0.1) is 0 Å². The number of nitrogens with zero attached hydrogens (tertiary/aromatic N) is 2. The molecule has 0 saturated heterocycles. The van der Waals surface area contributed by atoms with Crippen LogP contribution in [-0.4, -0.2) is 18.0 Å². The van der Waals surface area contributed by atoms with E-state index in [1.165, 1.54) is 6.40 Å². The molecule has 2 aromatic rings. The summed E-state index contributed by atoms with van der Waals surface area (Å²) in [7, 11) is 0. The lowest BCUT2D eigenvalue weighted by atomic mass is 10.2. The Hall–Kier alpha value is -2.17. The van der Waals surface area contributed by atoms with Crippen LogP contribution in [-0.2, 0) is 4.74 Å². The van der Waals surface area contributed by atoms with Gasteiger partial charge in [-0.25, -0.2) is 14.8 Å². The van der Waals surface area contributed by atoms with E-state index in [0.717, 1.165) is 0 Å². The lowest BCUT2D eigenvalue weighted by Gasteiger charge is -2.03. The zero-order chi connectivity index (χ0) is 11.0. The number of rotatable bonds is 1. The Balaban J connectivity index is 2.21. The molecule has 0 radical (unpaired) electrons. The molecule has 0 N–H and O–H groups in total. The molecule has 2 heterocycles. The van der Waals surface area contributed by atoms with Crippen LogP contribution in [0.4, 0.5) is 0 Å². The maximum Gasteiger partial charge on any atom is 0.346 e. The average Bonchev–Trinajstić information content (AvgIpc) is 2.82. The summed E-state index contributed by atoms with van der Waals surface area (Å²) >= 11 is 0. The van der Waals surface area contributed by atoms with Gasteiger partial charge in [0.25, 0.3) is 0 Å². The highest BCUT2D eigenvalue weighted by molar-refractivity contribution is 5.76. The van der Waals surface area contributed by atoms with Crippen molar-refractivity contribution in [1.82, 2.24) is 4.98 Å². The lowest BCUT2D eigenvalue weighted by Crippen LogP contribution is -2.08. The summed E-state index contributed by atoms with van der Waals surface area (Å²) in [6.45, 7) is 0.369. The molecule has 0 aliphatic carbocycles. The van der Waals surface area contributed by atoms with Gasteiger partial charge in [-0.15, -0.1) is 0 Å². The first-order chi connectivity index (χ1) is 7.84. The predicted octanol–water partition coefficient (Wildman–Crippen LogP) is 1.29. The minimum atomic E-state index is -0.386. The van der Waals surface area contributed by atoms with Crippen molar-refractivity contribution in [3.63, 3.8) is 0 Å². The first-order valence-corrected chi connectivity index (χ1v) is 4.87. The standard InChI is InChI=1S/C11H8N2O3/c14-11-7-3-1-2-4-8(7)13-10(16-11)9-5-15-6-12-9/h1-4,6,9H,5H2. The minimum Gasteiger partial charge on any atom is -0.481 e. The molecule has 5 heteroatoms. The van der Waals surface area contributed by atoms with E-state index in [4.69, 9.17) is 9.15 Å². The second-order valence-electron chi connectivity index (χ2n) is 3.46. The summed E-state index contributed by atoms with van der Waals surface area (Å²) in [5, 5.41) is 0.481. The Bertz CT molecular complexity index is 618. The summed E-state index contributed by atoms with van der Waals surface area (Å²) in [4.78, 5) is 19.9. The van der Waals surface area contributed by atoms with Crippen LogP contribution in [0.5, 0.6) is 0 Å². The van der Waals surface area contributed by atoms with Crippen molar-refractivity contribution in [2.45, 2.75) is 6.04 Å². The molecule has 80 valence electrons. The van der Waals surface area contributed by atoms with Crippen molar-refractivity contribution < 1.29 is 9.15 Å². The van der Waals surface area contributed by atoms with Gasteiger partial charge in [-0.3, -0.25) is 0 Å². The van der Waals surface area contributed by atoms with Gasteiger partial charge in [0.05, 0.1) is 10.9 Å². The van der Waals surface area contributed by atoms with E-state index in [1.807, 2.05) is 6.07 Å². The fourth-order valence-electron chi connectivity index (χ4n) is 1.61. The number of benzene rings is 1. The van der Waals surface area contributed by atoms with Crippen LogP contribution in [0.1, 0.15) is 11.9 Å². The van der Waals surface area contributed by atoms with Crippen LogP contribution in [0.15, 0.2) is 38.5 Å². The van der Waals surface area contributed by atoms with Gasteiger partial charge < -0.3 is 9.15 Å². The maximum atomic E-state index is 11.7. The smallest absolute Gasteiger partial charge is 0.346 e. The Labute approximate surface area is 90.4 Å². The molecule has 1 aromatic heterocycles. The topological polar surface area (TPSA) is 64.7 Å². The van der Waals surface area contributed by atoms with E-state index >= 15 is 0 Å². The maximum absolute atomic E-state index is 11.7. The van der Waals surface area contributed by atoms with Crippen molar-refractivity contribution in [3.05, 3.63) is 40.6 Å². The molecule has 1 aliphatic heterocycles. The molecular formula is C11H8N2O3. The fraction of sp³-hybridized carbons (Fsp3) is 0.182. The van der Waals surface area contributed by atoms with E-state index < -0.39 is 0 Å². The molecule has 1 atom stereocenters. The number of para-hydroxylation sites is 1. The third kappa shape index (κ3) is 1.37. The Morgan fingerprint density at radius 2 is 2.19 bits per heavy atom. The minimum absolute atomic E-state index is 0.303. The molecule has 3 rings (SSSR count). The highest BCUT2D eigenvalue weighted by Crippen LogP contribution is 2.19. The quantitative estimate of drug-likeness (QED) is 0.720. The van der Waals surface area contributed by atoms with Crippen molar-refractivity contribution in [2.75, 3.05) is 6.61 Å². The highest BCUT2D eigenvalue weighted by Gasteiger charge is 2.20. The fourth-order valence-corrected chi connectivity index (χ4v) is 1.61. The summed E-state index contributed by atoms with van der Waals surface area (Å²) in [5.74, 6) is 0.303. The molecule has 0 spiro atoms. The molecule has 1 aromatic carbocycles. The van der Waals surface area contributed by atoms with Crippen molar-refractivity contribution in [3.8, 4) is 0 Å². The number of hydrogen-bond acceptors (Lipinski definition) is 5. The number of ether oxygens (including phenoxy) is 1. The summed E-state index contributed by atoms with van der Waals surface area (Å²) < 4.78 is 10.1. The molecule has 0 amide bonds. The molecule has 0 fully saturated rings. The third-order valence-electron chi connectivity index (χ3n) is 2.41. The number of aliphatic imine (C=N–C) groups is 1. The van der Waals surface area contributed by atoms with Gasteiger partial charge in [0.1, 0.15) is 6.61 Å². The van der Waals surface area contributed by atoms with Gasteiger partial charge in [0, 0.05) is 0 Å². The SMILES string of the molecule is O=c1oc(C2COC=N2)nc2ccccc12. The summed E-state index contributed by atoms with van der Waals surface area (Å²) in [5.41, 5.74) is 0.235. The van der Waals surface area contributed by atoms with Crippen molar-refractivity contribution >= 4 is 17.3 Å². The first-order valence-electron chi connectivity index (χ1n) is 4.87. The molecule has 16 heavy (non-hydrogen) atoms. The number of fused-ring (bicyclic) bond motifs is 1. The zero-order valence-electron chi connectivity index (χ0n) is 8.29. The predicted molar refractivity (Wildman–Crippen MR) is 57.5 cm³/mol. The van der Waals surface area contributed by atoms with Crippen molar-refractivity contribution in [2.24, 2.45) is 4.99 Å². The van der Waals surface area contributed by atoms with Gasteiger partial charge in [-0.1, -0.05) is 12.1 Å². The second kappa shape index (κ2) is 3.44. The molecule has 0 saturated carbocycles. The molecular weight excluding hydrogens is 208 g/mol. The van der Waals surface area contributed by atoms with Crippen LogP contribution < -0.4 is 5.63 Å². The van der Waals surface area contributed by atoms with Crippen LogP contribution in [0.25, 0.3) is 10.9 Å². The molecule has 1 unspecified atom stereocenters. The summed E-state index contributed by atoms with van der Waals surface area (Å²) in [6, 6.07) is 6.75. The Morgan fingerprint density at radius 1 is 1.31 bits per heavy atom. The van der Waals surface area contributed by atoms with Crippen molar-refractivity contribution in [1.29, 1.82) is 0 Å². The Morgan fingerprint density at radius 3 is 3.00 bits per heavy atom. The average molecular weight is 216 g/mol. The largest absolute Gasteiger partial charge is 0.481 e. The van der Waals surface area contributed by atoms with Crippen LogP contribution >= 0.6 is 0 Å². The Kier molecular flexibility index (Phi) is 1.96. The molecule has 0 bridgehead atoms. The molecule has 5 nitrogen and oxygen atoms in total. The van der Waals surface area contributed by atoms with Gasteiger partial charge in [0.2, 0.25) is 5.89 Å². The van der Waals surface area contributed by atoms with E-state index in [1.54, 1.807) is 18.2 Å². The van der Waals surface area contributed by atoms with E-state index in [9.17, 15) is 4.79 Å². The highest BCUT2D eigenvalue weighted by atomic mass is 16.5. The van der Waals surface area contributed by atoms with Gasteiger partial charge in [-0.05, 0) is 12.1 Å². The number of aromatic nitrogens is 1. The van der Waals surface area contributed by atoms with E-state index in [2.05, 4.69) is 9.98 Å². The third-order valence-corrected chi connectivity index (χ3v) is 2.41. The van der Waals surface area contributed by atoms with Crippen LogP contribution in [0.2, 0.25) is 0 Å². The normalized spacial score (nSPS) is 18.9. The monoisotopic (exact) mass is 216 g/mol. The summed E-state index contributed by atoms with van der Waals surface area (Å²) in [6.07, 6.45) is 1.35. The lowest BCUT2D eigenvalue weighted by molar-refractivity contribution is 0.300. The first kappa shape index (κ1) is 9.08. The zero-order valence-corrected chi connectivity index (χ0v) is 8.29. The molecule has 1 aliphatic rings.